The van der Waals surface area contributed by atoms with Crippen LogP contribution in [0.1, 0.15) is 24.0 Å². The van der Waals surface area contributed by atoms with Gasteiger partial charge in [-0.3, -0.25) is 19.6 Å². The second-order valence-corrected chi connectivity index (χ2v) is 13.2. The number of pyridine rings is 4. The van der Waals surface area contributed by atoms with E-state index in [1.165, 1.54) is 0 Å². The van der Waals surface area contributed by atoms with Gasteiger partial charge in [-0.25, -0.2) is 9.97 Å². The average molecular weight is 687 g/mol. The molecule has 0 bridgehead atoms. The van der Waals surface area contributed by atoms with E-state index in [0.717, 1.165) is 54.9 Å². The number of nitrogens with one attached hydrogen (secondary N) is 2. The predicted octanol–water partition coefficient (Wildman–Crippen LogP) is 6.57. The molecule has 0 unspecified atom stereocenters. The molecule has 52 heavy (non-hydrogen) atoms. The molecule has 6 aromatic rings. The van der Waals surface area contributed by atoms with Gasteiger partial charge in [0.1, 0.15) is 11.6 Å². The Morgan fingerprint density at radius 2 is 1.10 bits per heavy atom. The number of amides is 2. The molecule has 256 valence electrons. The lowest BCUT2D eigenvalue weighted by Crippen LogP contribution is -2.15. The zero-order valence-electron chi connectivity index (χ0n) is 28.5. The summed E-state index contributed by atoms with van der Waals surface area (Å²) < 4.78 is 0. The number of nitrogens with zero attached hydrogens (tertiary/aromatic N) is 6. The van der Waals surface area contributed by atoms with Crippen molar-refractivity contribution >= 4 is 56.4 Å². The molecular weight excluding hydrogens is 653 g/mol. The van der Waals surface area contributed by atoms with Gasteiger partial charge >= 0.3 is 0 Å². The number of carbonyl (C=O) groups excluding carboxylic acids is 2. The maximum absolute atomic E-state index is 12.1. The van der Waals surface area contributed by atoms with Crippen LogP contribution in [-0.2, 0) is 9.59 Å². The van der Waals surface area contributed by atoms with E-state index in [1.54, 1.807) is 24.8 Å². The summed E-state index contributed by atoms with van der Waals surface area (Å²) in [6.45, 7) is 4.05. The molecule has 0 spiro atoms. The van der Waals surface area contributed by atoms with Crippen molar-refractivity contribution in [2.75, 3.05) is 22.1 Å². The van der Waals surface area contributed by atoms with E-state index < -0.39 is 0 Å². The van der Waals surface area contributed by atoms with Gasteiger partial charge in [0.15, 0.2) is 0 Å². The third-order valence-corrected chi connectivity index (χ3v) is 9.53. The standard InChI is InChI=1S/2C20H17N5O/c2*1-11-2-3-23-9-16(11)12-4-13-7-19(24-10-17(13)18(22)6-12)25-20(26)15-5-14(15)8-21/h2*2-4,6-7,9-10,14-15H,5,22H2,1H3,(H,24,25,26)/t2*14-,15+/m10/s1. The number of hydrogen-bond donors (Lipinski definition) is 4. The van der Waals surface area contributed by atoms with Gasteiger partial charge in [-0.15, -0.1) is 0 Å². The van der Waals surface area contributed by atoms with Crippen LogP contribution >= 0.6 is 0 Å². The number of rotatable bonds is 6. The number of nitrogens with two attached hydrogens (primary N) is 2. The van der Waals surface area contributed by atoms with Crippen LogP contribution in [0.4, 0.5) is 23.0 Å². The van der Waals surface area contributed by atoms with Crippen LogP contribution in [0.25, 0.3) is 43.8 Å². The zero-order chi connectivity index (χ0) is 36.5. The maximum atomic E-state index is 12.1. The van der Waals surface area contributed by atoms with E-state index in [4.69, 9.17) is 22.0 Å². The van der Waals surface area contributed by atoms with Crippen molar-refractivity contribution < 1.29 is 9.59 Å². The molecular formula is C40H34N10O2. The molecule has 12 nitrogen and oxygen atoms in total. The minimum Gasteiger partial charge on any atom is -0.398 e. The lowest BCUT2D eigenvalue weighted by molar-refractivity contribution is -0.118. The van der Waals surface area contributed by atoms with Gasteiger partial charge in [0.25, 0.3) is 0 Å². The number of nitrogen functional groups attached to an aromatic ring is 2. The van der Waals surface area contributed by atoms with Gasteiger partial charge in [-0.2, -0.15) is 10.5 Å². The highest BCUT2D eigenvalue weighted by Crippen LogP contribution is 2.40. The lowest BCUT2D eigenvalue weighted by atomic mass is 9.99. The highest BCUT2D eigenvalue weighted by Gasteiger charge is 2.44. The molecule has 0 aliphatic heterocycles. The second kappa shape index (κ2) is 13.8. The van der Waals surface area contributed by atoms with Crippen molar-refractivity contribution in [1.29, 1.82) is 10.5 Å². The minimum atomic E-state index is -0.230. The van der Waals surface area contributed by atoms with Gasteiger partial charge in [0.2, 0.25) is 11.8 Å². The van der Waals surface area contributed by atoms with E-state index in [-0.39, 0.29) is 35.5 Å². The maximum Gasteiger partial charge on any atom is 0.230 e. The first-order chi connectivity index (χ1) is 25.1. The largest absolute Gasteiger partial charge is 0.398 e. The van der Waals surface area contributed by atoms with Crippen LogP contribution in [0.15, 0.2) is 85.7 Å². The smallest absolute Gasteiger partial charge is 0.230 e. The fraction of sp³-hybridized carbons (Fsp3) is 0.200. The van der Waals surface area contributed by atoms with Crippen molar-refractivity contribution in [3.05, 3.63) is 96.8 Å². The van der Waals surface area contributed by atoms with E-state index in [0.29, 0.717) is 35.9 Å². The van der Waals surface area contributed by atoms with Gasteiger partial charge in [0, 0.05) is 70.5 Å². The van der Waals surface area contributed by atoms with Crippen molar-refractivity contribution in [3.8, 4) is 34.4 Å². The molecule has 2 aromatic carbocycles. The van der Waals surface area contributed by atoms with E-state index in [9.17, 15) is 9.59 Å². The fourth-order valence-electron chi connectivity index (χ4n) is 6.24. The molecule has 2 aliphatic carbocycles. The van der Waals surface area contributed by atoms with Crippen molar-refractivity contribution in [1.82, 2.24) is 19.9 Å². The van der Waals surface area contributed by atoms with Gasteiger partial charge < -0.3 is 22.1 Å². The average Bonchev–Trinajstić information content (AvgIpc) is 4.07. The molecule has 2 saturated carbocycles. The lowest BCUT2D eigenvalue weighted by Gasteiger charge is -2.11. The van der Waals surface area contributed by atoms with Crippen LogP contribution in [0.3, 0.4) is 0 Å². The summed E-state index contributed by atoms with van der Waals surface area (Å²) in [6.07, 6.45) is 11.7. The summed E-state index contributed by atoms with van der Waals surface area (Å²) >= 11 is 0. The summed E-state index contributed by atoms with van der Waals surface area (Å²) in [5, 5.41) is 26.7. The SMILES string of the molecule is Cc1ccncc1-c1cc(N)c2cnc(NC(=O)[C@@H]3C[C@H]3C#N)cc2c1.Cc1ccncc1-c1cc(N)c2cnc(NC(=O)[C@H]3C[C@@H]3C#N)cc2c1. The Morgan fingerprint density at radius 3 is 1.46 bits per heavy atom. The molecule has 4 aromatic heterocycles. The Labute approximate surface area is 299 Å². The zero-order valence-corrected chi connectivity index (χ0v) is 28.5. The predicted molar refractivity (Wildman–Crippen MR) is 200 cm³/mol. The Hall–Kier alpha value is -6.92. The highest BCUT2D eigenvalue weighted by molar-refractivity contribution is 6.01. The molecule has 0 saturated heterocycles. The van der Waals surface area contributed by atoms with Crippen LogP contribution in [0.2, 0.25) is 0 Å². The third kappa shape index (κ3) is 6.91. The number of benzene rings is 2. The summed E-state index contributed by atoms with van der Waals surface area (Å²) in [6, 6.07) is 19.6. The van der Waals surface area contributed by atoms with Crippen molar-refractivity contribution in [2.24, 2.45) is 23.7 Å². The number of fused-ring (bicyclic) bond motifs is 2. The summed E-state index contributed by atoms with van der Waals surface area (Å²) in [7, 11) is 0. The molecule has 6 N–H and O–H groups in total. The Bertz CT molecular complexity index is 2310. The monoisotopic (exact) mass is 686 g/mol. The minimum absolute atomic E-state index is 0.157. The number of aromatic nitrogens is 4. The van der Waals surface area contributed by atoms with Crippen molar-refractivity contribution in [2.45, 2.75) is 26.7 Å². The molecule has 2 amide bonds. The molecule has 4 atom stereocenters. The first-order valence-electron chi connectivity index (χ1n) is 16.7. The van der Waals surface area contributed by atoms with Crippen LogP contribution in [0, 0.1) is 60.2 Å². The molecule has 2 fully saturated rings. The normalized spacial score (nSPS) is 18.3. The molecule has 12 heteroatoms. The van der Waals surface area contributed by atoms with Crippen LogP contribution in [0.5, 0.6) is 0 Å². The topological polar surface area (TPSA) is 209 Å². The van der Waals surface area contributed by atoms with E-state index in [1.807, 2.05) is 74.8 Å². The Kier molecular flexibility index (Phi) is 8.89. The number of aryl methyl sites for hydroxylation is 2. The van der Waals surface area contributed by atoms with Gasteiger partial charge in [-0.05, 0) is 108 Å². The van der Waals surface area contributed by atoms with Crippen LogP contribution < -0.4 is 22.1 Å². The second-order valence-electron chi connectivity index (χ2n) is 13.2. The third-order valence-electron chi connectivity index (χ3n) is 9.53. The summed E-state index contributed by atoms with van der Waals surface area (Å²) in [5.41, 5.74) is 19.8. The number of anilines is 4. The molecule has 2 aliphatic rings. The number of nitriles is 2. The fourth-order valence-corrected chi connectivity index (χ4v) is 6.24. The van der Waals surface area contributed by atoms with Crippen molar-refractivity contribution in [3.63, 3.8) is 0 Å². The Morgan fingerprint density at radius 1 is 0.673 bits per heavy atom. The summed E-state index contributed by atoms with van der Waals surface area (Å²) in [4.78, 5) is 41.2. The number of carbonyl (C=O) groups is 2. The van der Waals surface area contributed by atoms with Gasteiger partial charge in [-0.1, -0.05) is 0 Å². The highest BCUT2D eigenvalue weighted by atomic mass is 16.2. The van der Waals surface area contributed by atoms with Gasteiger partial charge in [0.05, 0.1) is 35.8 Å². The molecule has 4 heterocycles. The summed E-state index contributed by atoms with van der Waals surface area (Å²) in [5.74, 6) is -0.196. The van der Waals surface area contributed by atoms with E-state index >= 15 is 0 Å². The van der Waals surface area contributed by atoms with Crippen LogP contribution in [-0.4, -0.2) is 31.8 Å². The molecule has 0 radical (unpaired) electrons. The number of hydrogen-bond acceptors (Lipinski definition) is 10. The Balaban J connectivity index is 0.000000162. The first-order valence-corrected chi connectivity index (χ1v) is 16.7. The molecule has 8 rings (SSSR count). The first kappa shape index (κ1) is 33.6. The van der Waals surface area contributed by atoms with E-state index in [2.05, 4.69) is 42.7 Å². The quantitative estimate of drug-likeness (QED) is 0.138.